The molecule has 5 nitrogen and oxygen atoms in total. The number of alkyl halides is 3. The zero-order valence-corrected chi connectivity index (χ0v) is 23.2. The minimum Gasteiger partial charge on any atom is -0.491 e. The van der Waals surface area contributed by atoms with E-state index in [4.69, 9.17) is 4.74 Å². The molecule has 1 aromatic carbocycles. The van der Waals surface area contributed by atoms with Crippen molar-refractivity contribution >= 4 is 23.6 Å². The van der Waals surface area contributed by atoms with E-state index in [1.54, 1.807) is 31.7 Å². The summed E-state index contributed by atoms with van der Waals surface area (Å²) in [4.78, 5) is 26.6. The standard InChI is InChI=1S/C29H36F3NO4S/c1-6-28(4,5)25(27(35)36)33-26(34)22-14-10-19-15-21(13-7-17(2)3)38-24(19)23(22)37-16-18-8-11-20(12-9-18)29(30,31)32/h8-12,14-15,17,19,24-25H,6-7,13,16H2,1-5H3,(H,33,34)(H,35,36). The second-order valence-electron chi connectivity index (χ2n) is 10.9. The lowest BCUT2D eigenvalue weighted by molar-refractivity contribution is -0.144. The Bertz CT molecular complexity index is 1120. The van der Waals surface area contributed by atoms with E-state index in [0.29, 0.717) is 23.7 Å². The molecule has 0 bridgehead atoms. The highest BCUT2D eigenvalue weighted by Crippen LogP contribution is 2.47. The van der Waals surface area contributed by atoms with Crippen LogP contribution in [0.1, 0.15) is 65.0 Å². The fraction of sp³-hybridized carbons (Fsp3) is 0.517. The zero-order valence-electron chi connectivity index (χ0n) is 22.4. The maximum absolute atomic E-state index is 13.4. The van der Waals surface area contributed by atoms with Crippen molar-refractivity contribution in [2.75, 3.05) is 0 Å². The highest BCUT2D eigenvalue weighted by molar-refractivity contribution is 8.04. The quantitative estimate of drug-likeness (QED) is 0.307. The average Bonchev–Trinajstić information content (AvgIpc) is 3.27. The Hall–Kier alpha value is -2.68. The first-order valence-electron chi connectivity index (χ1n) is 12.8. The van der Waals surface area contributed by atoms with Crippen molar-refractivity contribution in [2.45, 2.75) is 78.0 Å². The molecule has 3 atom stereocenters. The normalized spacial score (nSPS) is 20.3. The lowest BCUT2D eigenvalue weighted by atomic mass is 9.81. The first kappa shape index (κ1) is 29.9. The Kier molecular flexibility index (Phi) is 9.44. The number of halogens is 3. The molecule has 1 amide bonds. The van der Waals surface area contributed by atoms with Gasteiger partial charge in [-0.05, 0) is 59.3 Å². The number of hydrogen-bond acceptors (Lipinski definition) is 4. The minimum atomic E-state index is -4.43. The van der Waals surface area contributed by atoms with E-state index in [2.05, 4.69) is 25.2 Å². The Morgan fingerprint density at radius 3 is 2.37 bits per heavy atom. The number of hydrogen-bond donors (Lipinski definition) is 2. The summed E-state index contributed by atoms with van der Waals surface area (Å²) in [5.41, 5.74) is -0.659. The highest BCUT2D eigenvalue weighted by Gasteiger charge is 2.40. The van der Waals surface area contributed by atoms with Crippen LogP contribution < -0.4 is 5.32 Å². The van der Waals surface area contributed by atoms with Crippen LogP contribution in [0.4, 0.5) is 13.2 Å². The molecule has 1 heterocycles. The van der Waals surface area contributed by atoms with Gasteiger partial charge < -0.3 is 15.2 Å². The van der Waals surface area contributed by atoms with Crippen LogP contribution in [0.25, 0.3) is 0 Å². The first-order chi connectivity index (χ1) is 17.7. The molecule has 1 aliphatic heterocycles. The summed E-state index contributed by atoms with van der Waals surface area (Å²) in [6, 6.07) is 3.62. The van der Waals surface area contributed by atoms with Crippen LogP contribution in [0, 0.1) is 17.3 Å². The Labute approximate surface area is 226 Å². The van der Waals surface area contributed by atoms with Gasteiger partial charge in [0.05, 0.1) is 16.4 Å². The summed E-state index contributed by atoms with van der Waals surface area (Å²) in [5, 5.41) is 12.3. The largest absolute Gasteiger partial charge is 0.491 e. The van der Waals surface area contributed by atoms with Crippen LogP contribution in [-0.4, -0.2) is 28.3 Å². The maximum Gasteiger partial charge on any atom is 0.416 e. The number of nitrogens with one attached hydrogen (secondary N) is 1. The van der Waals surface area contributed by atoms with Crippen molar-refractivity contribution in [3.05, 3.63) is 69.9 Å². The third kappa shape index (κ3) is 7.24. The second kappa shape index (κ2) is 12.0. The van der Waals surface area contributed by atoms with Crippen LogP contribution in [0.3, 0.4) is 0 Å². The molecule has 38 heavy (non-hydrogen) atoms. The van der Waals surface area contributed by atoms with Gasteiger partial charge in [-0.1, -0.05) is 58.9 Å². The molecule has 2 aliphatic rings. The van der Waals surface area contributed by atoms with Crippen molar-refractivity contribution < 1.29 is 32.6 Å². The summed E-state index contributed by atoms with van der Waals surface area (Å²) in [6.07, 6.45) is 3.81. The third-order valence-corrected chi connectivity index (χ3v) is 8.54. The number of carbonyl (C=O) groups is 2. The number of aliphatic carboxylic acids is 1. The number of amides is 1. The fourth-order valence-electron chi connectivity index (χ4n) is 4.29. The van der Waals surface area contributed by atoms with Gasteiger partial charge in [-0.15, -0.1) is 11.8 Å². The smallest absolute Gasteiger partial charge is 0.416 e. The van der Waals surface area contributed by atoms with Crippen molar-refractivity contribution in [2.24, 2.45) is 17.3 Å². The van der Waals surface area contributed by atoms with Crippen LogP contribution in [-0.2, 0) is 27.1 Å². The van der Waals surface area contributed by atoms with Crippen LogP contribution in [0.15, 0.2) is 58.7 Å². The Morgan fingerprint density at radius 2 is 1.82 bits per heavy atom. The number of allylic oxidation sites excluding steroid dienone is 3. The lowest BCUT2D eigenvalue weighted by Crippen LogP contribution is -2.50. The average molecular weight is 552 g/mol. The highest BCUT2D eigenvalue weighted by atomic mass is 32.2. The lowest BCUT2D eigenvalue weighted by Gasteiger charge is -2.32. The monoisotopic (exact) mass is 551 g/mol. The van der Waals surface area contributed by atoms with Crippen LogP contribution >= 0.6 is 11.8 Å². The summed E-state index contributed by atoms with van der Waals surface area (Å²) in [6.45, 7) is 9.73. The van der Waals surface area contributed by atoms with Gasteiger partial charge in [0.1, 0.15) is 18.4 Å². The molecule has 3 unspecified atom stereocenters. The summed E-state index contributed by atoms with van der Waals surface area (Å²) >= 11 is 1.62. The van der Waals surface area contributed by atoms with Gasteiger partial charge in [-0.2, -0.15) is 13.2 Å². The molecule has 3 rings (SSSR count). The van der Waals surface area contributed by atoms with Crippen molar-refractivity contribution in [3.8, 4) is 0 Å². The van der Waals surface area contributed by atoms with E-state index in [1.807, 2.05) is 13.0 Å². The molecular weight excluding hydrogens is 515 g/mol. The first-order valence-corrected chi connectivity index (χ1v) is 13.7. The maximum atomic E-state index is 13.4. The fourth-order valence-corrected chi connectivity index (χ4v) is 5.71. The number of fused-ring (bicyclic) bond motifs is 1. The van der Waals surface area contributed by atoms with Gasteiger partial charge in [0.15, 0.2) is 0 Å². The van der Waals surface area contributed by atoms with Crippen LogP contribution in [0.5, 0.6) is 0 Å². The number of rotatable bonds is 11. The van der Waals surface area contributed by atoms with E-state index >= 15 is 0 Å². The summed E-state index contributed by atoms with van der Waals surface area (Å²) in [5.74, 6) is -0.717. The molecule has 208 valence electrons. The summed E-state index contributed by atoms with van der Waals surface area (Å²) in [7, 11) is 0. The number of carbonyl (C=O) groups excluding carboxylic acids is 1. The molecule has 1 aromatic rings. The second-order valence-corrected chi connectivity index (χ2v) is 12.2. The predicted octanol–water partition coefficient (Wildman–Crippen LogP) is 7.10. The Balaban J connectivity index is 1.88. The van der Waals surface area contributed by atoms with E-state index in [1.165, 1.54) is 17.0 Å². The number of carboxylic acids is 1. The van der Waals surface area contributed by atoms with Crippen molar-refractivity contribution in [3.63, 3.8) is 0 Å². The van der Waals surface area contributed by atoms with Gasteiger partial charge in [0.2, 0.25) is 0 Å². The molecule has 1 aliphatic carbocycles. The van der Waals surface area contributed by atoms with E-state index < -0.39 is 35.1 Å². The number of carboxylic acid groups (broad SMARTS) is 1. The summed E-state index contributed by atoms with van der Waals surface area (Å²) < 4.78 is 45.0. The van der Waals surface area contributed by atoms with Gasteiger partial charge in [-0.25, -0.2) is 4.79 Å². The van der Waals surface area contributed by atoms with Crippen LogP contribution in [0.2, 0.25) is 0 Å². The van der Waals surface area contributed by atoms with Gasteiger partial charge in [0.25, 0.3) is 5.91 Å². The molecule has 0 fully saturated rings. The Morgan fingerprint density at radius 1 is 1.16 bits per heavy atom. The van der Waals surface area contributed by atoms with Crippen molar-refractivity contribution in [1.82, 2.24) is 5.32 Å². The van der Waals surface area contributed by atoms with Crippen molar-refractivity contribution in [1.29, 1.82) is 0 Å². The minimum absolute atomic E-state index is 0.00340. The van der Waals surface area contributed by atoms with E-state index in [0.717, 1.165) is 25.0 Å². The molecule has 0 aromatic heterocycles. The van der Waals surface area contributed by atoms with Gasteiger partial charge in [-0.3, -0.25) is 4.79 Å². The molecule has 0 saturated carbocycles. The molecule has 2 N–H and O–H groups in total. The van der Waals surface area contributed by atoms with Gasteiger partial charge in [0, 0.05) is 5.92 Å². The zero-order chi connectivity index (χ0) is 28.3. The molecule has 9 heteroatoms. The number of thioether (sulfide) groups is 1. The number of ether oxygens (including phenoxy) is 1. The van der Waals surface area contributed by atoms with Gasteiger partial charge >= 0.3 is 12.1 Å². The number of benzene rings is 1. The molecule has 0 saturated heterocycles. The molecular formula is C29H36F3NO4S. The topological polar surface area (TPSA) is 75.6 Å². The predicted molar refractivity (Wildman–Crippen MR) is 143 cm³/mol. The third-order valence-electron chi connectivity index (χ3n) is 7.12. The van der Waals surface area contributed by atoms with E-state index in [9.17, 15) is 27.9 Å². The SMILES string of the molecule is CCC(C)(C)C(NC(=O)C1=C(OCc2ccc(C(F)(F)F)cc2)C2SC(CCC(C)C)=CC2C=C1)C(=O)O. The molecule has 0 spiro atoms. The molecule has 0 radical (unpaired) electrons. The van der Waals surface area contributed by atoms with E-state index in [-0.39, 0.29) is 23.3 Å².